The first-order chi connectivity index (χ1) is 13.4. The van der Waals surface area contributed by atoms with Crippen LogP contribution in [-0.4, -0.2) is 27.7 Å². The highest BCUT2D eigenvalue weighted by atomic mass is 35.5. The van der Waals surface area contributed by atoms with E-state index in [0.29, 0.717) is 28.9 Å². The topological polar surface area (TPSA) is 128 Å². The van der Waals surface area contributed by atoms with Crippen LogP contribution >= 0.6 is 22.9 Å². The van der Waals surface area contributed by atoms with Crippen LogP contribution in [0.3, 0.4) is 0 Å². The lowest BCUT2D eigenvalue weighted by molar-refractivity contribution is 0.200. The van der Waals surface area contributed by atoms with Crippen molar-refractivity contribution in [3.63, 3.8) is 0 Å². The minimum Gasteiger partial charge on any atom is -0.467 e. The number of rotatable bonds is 7. The molecule has 3 aromatic heterocycles. The number of carbonyl (C=O) groups is 1. The van der Waals surface area contributed by atoms with Crippen LogP contribution in [0.15, 0.2) is 27.9 Å². The zero-order valence-corrected chi connectivity index (χ0v) is 16.7. The first kappa shape index (κ1) is 19.9. The van der Waals surface area contributed by atoms with Crippen LogP contribution in [0.1, 0.15) is 23.1 Å². The predicted molar refractivity (Wildman–Crippen MR) is 107 cm³/mol. The van der Waals surface area contributed by atoms with Crippen molar-refractivity contribution < 1.29 is 14.3 Å². The number of aromatic nitrogens is 2. The molecule has 1 atom stereocenters. The average molecular weight is 421 g/mol. The Hall–Kier alpha value is -2.81. The second kappa shape index (κ2) is 8.47. The second-order valence-corrected chi connectivity index (χ2v) is 7.76. The Labute approximate surface area is 169 Å². The number of aryl methyl sites for hydroxylation is 1. The quantitative estimate of drug-likeness (QED) is 0.236. The van der Waals surface area contributed by atoms with Gasteiger partial charge >= 0.3 is 6.09 Å². The highest BCUT2D eigenvalue weighted by molar-refractivity contribution is 7.19. The summed E-state index contributed by atoms with van der Waals surface area (Å²) in [5.41, 5.74) is 10.0. The second-order valence-electron chi connectivity index (χ2n) is 6.32. The molecule has 0 unspecified atom stereocenters. The van der Waals surface area contributed by atoms with Crippen LogP contribution in [0.25, 0.3) is 20.7 Å². The van der Waals surface area contributed by atoms with Crippen LogP contribution in [0.5, 0.6) is 0 Å². The Morgan fingerprint density at radius 2 is 2.32 bits per heavy atom. The molecule has 0 aliphatic rings. The SMILES string of the molecule is Cc1c(C[C@H](C)CN=[N+]=[N-])sc2c(N(Cc3ccco3)C(=O)O)nc(Cl)nc12. The van der Waals surface area contributed by atoms with Crippen LogP contribution in [0.2, 0.25) is 5.28 Å². The molecule has 0 aromatic carbocycles. The molecule has 3 aromatic rings. The fraction of sp³-hybridized carbons (Fsp3) is 0.353. The summed E-state index contributed by atoms with van der Waals surface area (Å²) in [6, 6.07) is 3.38. The zero-order chi connectivity index (χ0) is 20.3. The average Bonchev–Trinajstić information content (AvgIpc) is 3.26. The van der Waals surface area contributed by atoms with E-state index in [9.17, 15) is 9.90 Å². The molecule has 1 amide bonds. The molecule has 0 saturated carbocycles. The molecule has 0 aliphatic heterocycles. The zero-order valence-electron chi connectivity index (χ0n) is 15.2. The van der Waals surface area contributed by atoms with Gasteiger partial charge in [0.25, 0.3) is 0 Å². The third-order valence-corrected chi connectivity index (χ3v) is 5.66. The monoisotopic (exact) mass is 420 g/mol. The summed E-state index contributed by atoms with van der Waals surface area (Å²) in [5, 5.41) is 13.3. The van der Waals surface area contributed by atoms with Gasteiger partial charge in [-0.2, -0.15) is 4.98 Å². The molecule has 0 aliphatic carbocycles. The van der Waals surface area contributed by atoms with E-state index in [1.165, 1.54) is 17.6 Å². The van der Waals surface area contributed by atoms with E-state index in [4.69, 9.17) is 21.5 Å². The molecular weight excluding hydrogens is 404 g/mol. The molecule has 0 spiro atoms. The largest absolute Gasteiger partial charge is 0.467 e. The van der Waals surface area contributed by atoms with E-state index in [2.05, 4.69) is 20.0 Å². The lowest BCUT2D eigenvalue weighted by Gasteiger charge is -2.17. The minimum atomic E-state index is -1.17. The predicted octanol–water partition coefficient (Wildman–Crippen LogP) is 5.42. The number of thiophene rings is 1. The van der Waals surface area contributed by atoms with Gasteiger partial charge in [0.2, 0.25) is 5.28 Å². The number of carboxylic acid groups (broad SMARTS) is 1. The molecule has 9 nitrogen and oxygen atoms in total. The Morgan fingerprint density at radius 1 is 1.54 bits per heavy atom. The van der Waals surface area contributed by atoms with Gasteiger partial charge in [0.1, 0.15) is 5.76 Å². The summed E-state index contributed by atoms with van der Waals surface area (Å²) in [7, 11) is 0. The Bertz CT molecular complexity index is 1050. The van der Waals surface area contributed by atoms with E-state index in [-0.39, 0.29) is 23.6 Å². The van der Waals surface area contributed by atoms with Crippen molar-refractivity contribution in [2.75, 3.05) is 11.4 Å². The van der Waals surface area contributed by atoms with E-state index in [0.717, 1.165) is 15.3 Å². The molecule has 3 heterocycles. The first-order valence-electron chi connectivity index (χ1n) is 8.40. The summed E-state index contributed by atoms with van der Waals surface area (Å²) in [4.78, 5) is 25.3. The number of amides is 1. The molecule has 0 fully saturated rings. The third-order valence-electron chi connectivity index (χ3n) is 4.19. The van der Waals surface area contributed by atoms with E-state index < -0.39 is 6.09 Å². The van der Waals surface area contributed by atoms with Crippen molar-refractivity contribution in [3.05, 3.63) is 50.3 Å². The van der Waals surface area contributed by atoms with Crippen LogP contribution in [-0.2, 0) is 13.0 Å². The molecule has 0 saturated heterocycles. The number of anilines is 1. The molecule has 11 heteroatoms. The summed E-state index contributed by atoms with van der Waals surface area (Å²) in [6.07, 6.45) is 0.988. The Morgan fingerprint density at radius 3 is 2.96 bits per heavy atom. The number of azide groups is 1. The van der Waals surface area contributed by atoms with Crippen molar-refractivity contribution in [1.82, 2.24) is 9.97 Å². The van der Waals surface area contributed by atoms with E-state index >= 15 is 0 Å². The molecule has 146 valence electrons. The van der Waals surface area contributed by atoms with Crippen molar-refractivity contribution in [1.29, 1.82) is 0 Å². The normalized spacial score (nSPS) is 12.0. The summed E-state index contributed by atoms with van der Waals surface area (Å²) < 4.78 is 5.92. The fourth-order valence-corrected chi connectivity index (χ4v) is 4.39. The molecule has 3 rings (SSSR count). The van der Waals surface area contributed by atoms with Gasteiger partial charge in [-0.05, 0) is 54.1 Å². The van der Waals surface area contributed by atoms with Crippen LogP contribution in [0, 0.1) is 12.8 Å². The van der Waals surface area contributed by atoms with Crippen LogP contribution in [0.4, 0.5) is 10.6 Å². The third kappa shape index (κ3) is 4.19. The highest BCUT2D eigenvalue weighted by Gasteiger charge is 2.25. The number of furan rings is 1. The molecule has 28 heavy (non-hydrogen) atoms. The van der Waals surface area contributed by atoms with Crippen molar-refractivity contribution >= 4 is 45.1 Å². The minimum absolute atomic E-state index is 0.00431. The summed E-state index contributed by atoms with van der Waals surface area (Å²) in [6.45, 7) is 4.28. The maximum Gasteiger partial charge on any atom is 0.413 e. The van der Waals surface area contributed by atoms with Crippen LogP contribution < -0.4 is 4.90 Å². The number of hydrogen-bond donors (Lipinski definition) is 1. The molecule has 0 radical (unpaired) electrons. The van der Waals surface area contributed by atoms with Gasteiger partial charge in [0.05, 0.1) is 23.0 Å². The van der Waals surface area contributed by atoms with Crippen molar-refractivity contribution in [2.24, 2.45) is 11.0 Å². The lowest BCUT2D eigenvalue weighted by Crippen LogP contribution is -2.29. The van der Waals surface area contributed by atoms with Crippen molar-refractivity contribution in [3.8, 4) is 0 Å². The van der Waals surface area contributed by atoms with E-state index in [1.54, 1.807) is 12.1 Å². The standard InChI is InChI=1S/C17H17ClN6O3S/c1-9(7-20-23-19)6-12-10(2)13-14(28-12)15(22-16(18)21-13)24(17(25)26)8-11-4-3-5-27-11/h3-5,9H,6-8H2,1-2H3,(H,25,26)/t9-/m0/s1. The number of nitrogens with zero attached hydrogens (tertiary/aromatic N) is 6. The molecule has 1 N–H and O–H groups in total. The highest BCUT2D eigenvalue weighted by Crippen LogP contribution is 2.38. The smallest absolute Gasteiger partial charge is 0.413 e. The number of fused-ring (bicyclic) bond motifs is 1. The van der Waals surface area contributed by atoms with Gasteiger partial charge in [-0.3, -0.25) is 4.90 Å². The summed E-state index contributed by atoms with van der Waals surface area (Å²) in [5.74, 6) is 0.843. The Kier molecular flexibility index (Phi) is 6.03. The van der Waals surface area contributed by atoms with E-state index in [1.807, 2.05) is 13.8 Å². The fourth-order valence-electron chi connectivity index (χ4n) is 2.82. The van der Waals surface area contributed by atoms with Crippen molar-refractivity contribution in [2.45, 2.75) is 26.8 Å². The van der Waals surface area contributed by atoms with Gasteiger partial charge < -0.3 is 9.52 Å². The molecular formula is C17H17ClN6O3S. The number of halogens is 1. The molecule has 0 bridgehead atoms. The lowest BCUT2D eigenvalue weighted by atomic mass is 10.0. The number of hydrogen-bond acceptors (Lipinski definition) is 6. The van der Waals surface area contributed by atoms with Gasteiger partial charge in [0, 0.05) is 16.3 Å². The Balaban J connectivity index is 2.05. The van der Waals surface area contributed by atoms with Gasteiger partial charge in [-0.15, -0.1) is 11.3 Å². The van der Waals surface area contributed by atoms with Gasteiger partial charge in [-0.1, -0.05) is 12.0 Å². The first-order valence-corrected chi connectivity index (χ1v) is 9.59. The maximum absolute atomic E-state index is 11.9. The van der Waals surface area contributed by atoms with Gasteiger partial charge in [-0.25, -0.2) is 9.78 Å². The van der Waals surface area contributed by atoms with Gasteiger partial charge in [0.15, 0.2) is 5.82 Å². The maximum atomic E-state index is 11.9. The summed E-state index contributed by atoms with van der Waals surface area (Å²) >= 11 is 7.52.